The van der Waals surface area contributed by atoms with Crippen LogP contribution in [0.3, 0.4) is 0 Å². The summed E-state index contributed by atoms with van der Waals surface area (Å²) in [5, 5.41) is 0. The van der Waals surface area contributed by atoms with Crippen molar-refractivity contribution in [3.8, 4) is 11.5 Å². The average Bonchev–Trinajstić information content (AvgIpc) is 2.68. The molecule has 0 saturated heterocycles. The number of fused-ring (bicyclic) bond motifs is 1. The van der Waals surface area contributed by atoms with Crippen LogP contribution in [0.15, 0.2) is 78.9 Å². The molecule has 1 heterocycles. The highest BCUT2D eigenvalue weighted by molar-refractivity contribution is 6.06. The normalized spacial score (nSPS) is 19.0. The van der Waals surface area contributed by atoms with Crippen LogP contribution < -0.4 is 9.47 Å². The predicted molar refractivity (Wildman–Crippen MR) is 96.3 cm³/mol. The average molecular weight is 330 g/mol. The fraction of sp³-hybridized carbons (Fsp3) is 0.136. The fourth-order valence-electron chi connectivity index (χ4n) is 3.41. The van der Waals surface area contributed by atoms with Crippen LogP contribution in [0.4, 0.5) is 0 Å². The molecule has 124 valence electrons. The molecule has 1 aliphatic heterocycles. The van der Waals surface area contributed by atoms with E-state index in [2.05, 4.69) is 0 Å². The van der Waals surface area contributed by atoms with E-state index < -0.39 is 5.92 Å². The molecule has 0 amide bonds. The van der Waals surface area contributed by atoms with Crippen LogP contribution in [0.5, 0.6) is 11.5 Å². The number of benzene rings is 3. The summed E-state index contributed by atoms with van der Waals surface area (Å²) in [4.78, 5) is 13.4. The minimum atomic E-state index is -0.410. The molecule has 0 aliphatic carbocycles. The summed E-state index contributed by atoms with van der Waals surface area (Å²) in [5.41, 5.74) is 2.45. The quantitative estimate of drug-likeness (QED) is 0.692. The van der Waals surface area contributed by atoms with Gasteiger partial charge in [0.1, 0.15) is 23.2 Å². The Balaban J connectivity index is 1.89. The minimum Gasteiger partial charge on any atom is -0.496 e. The molecule has 0 spiro atoms. The molecular weight excluding hydrogens is 312 g/mol. The van der Waals surface area contributed by atoms with Crippen LogP contribution in [-0.2, 0) is 0 Å². The summed E-state index contributed by atoms with van der Waals surface area (Å²) in [6.45, 7) is 0. The molecule has 1 aliphatic rings. The van der Waals surface area contributed by atoms with Gasteiger partial charge < -0.3 is 9.47 Å². The van der Waals surface area contributed by atoms with Crippen molar-refractivity contribution in [1.29, 1.82) is 0 Å². The van der Waals surface area contributed by atoms with E-state index in [4.69, 9.17) is 9.47 Å². The lowest BCUT2D eigenvalue weighted by molar-refractivity contribution is 0.0776. The second-order valence-electron chi connectivity index (χ2n) is 6.04. The van der Waals surface area contributed by atoms with Crippen molar-refractivity contribution in [2.75, 3.05) is 7.11 Å². The van der Waals surface area contributed by atoms with Crippen LogP contribution in [0.1, 0.15) is 33.5 Å². The van der Waals surface area contributed by atoms with Crippen molar-refractivity contribution >= 4 is 5.78 Å². The molecular formula is C22H18O3. The van der Waals surface area contributed by atoms with E-state index in [0.717, 1.165) is 11.1 Å². The van der Waals surface area contributed by atoms with Crippen LogP contribution in [0, 0.1) is 0 Å². The number of Topliss-reactive ketones (excluding diaryl/α,β-unsaturated/α-hetero) is 1. The zero-order valence-electron chi connectivity index (χ0n) is 13.9. The van der Waals surface area contributed by atoms with Gasteiger partial charge in [0.2, 0.25) is 0 Å². The number of ether oxygens (including phenoxy) is 2. The third-order valence-electron chi connectivity index (χ3n) is 4.58. The van der Waals surface area contributed by atoms with Gasteiger partial charge in [-0.1, -0.05) is 66.7 Å². The van der Waals surface area contributed by atoms with Gasteiger partial charge in [-0.3, -0.25) is 4.79 Å². The molecule has 3 heteroatoms. The van der Waals surface area contributed by atoms with E-state index in [9.17, 15) is 4.79 Å². The molecule has 25 heavy (non-hydrogen) atoms. The third kappa shape index (κ3) is 2.68. The highest BCUT2D eigenvalue weighted by Gasteiger charge is 2.40. The first-order chi connectivity index (χ1) is 12.3. The highest BCUT2D eigenvalue weighted by atomic mass is 16.5. The van der Waals surface area contributed by atoms with E-state index in [1.165, 1.54) is 0 Å². The van der Waals surface area contributed by atoms with E-state index in [1.807, 2.05) is 72.8 Å². The van der Waals surface area contributed by atoms with Crippen molar-refractivity contribution in [2.24, 2.45) is 0 Å². The van der Waals surface area contributed by atoms with Gasteiger partial charge in [0.05, 0.1) is 13.0 Å². The highest BCUT2D eigenvalue weighted by Crippen LogP contribution is 2.46. The van der Waals surface area contributed by atoms with Gasteiger partial charge in [-0.2, -0.15) is 0 Å². The summed E-state index contributed by atoms with van der Waals surface area (Å²) in [6.07, 6.45) is -0.365. The summed E-state index contributed by atoms with van der Waals surface area (Å²) in [6, 6.07) is 25.1. The van der Waals surface area contributed by atoms with Gasteiger partial charge in [-0.25, -0.2) is 0 Å². The molecule has 0 saturated carbocycles. The topological polar surface area (TPSA) is 35.5 Å². The fourth-order valence-corrected chi connectivity index (χ4v) is 3.41. The number of hydrogen-bond donors (Lipinski definition) is 0. The lowest BCUT2D eigenvalue weighted by Gasteiger charge is -2.33. The Bertz CT molecular complexity index is 888. The Morgan fingerprint density at radius 1 is 0.800 bits per heavy atom. The van der Waals surface area contributed by atoms with Crippen molar-refractivity contribution < 1.29 is 14.3 Å². The SMILES string of the molecule is COc1cccc2c1C(=O)[C@H](c1ccccc1)[C@@H](c1ccccc1)O2. The van der Waals surface area contributed by atoms with Crippen molar-refractivity contribution in [1.82, 2.24) is 0 Å². The van der Waals surface area contributed by atoms with Gasteiger partial charge in [0.15, 0.2) is 5.78 Å². The van der Waals surface area contributed by atoms with Crippen LogP contribution in [0.2, 0.25) is 0 Å². The molecule has 3 aromatic carbocycles. The molecule has 2 atom stereocenters. The van der Waals surface area contributed by atoms with E-state index in [1.54, 1.807) is 13.2 Å². The molecule has 0 radical (unpaired) electrons. The standard InChI is InChI=1S/C22H18O3/c1-24-17-13-8-14-18-20(17)21(23)19(15-9-4-2-5-10-15)22(25-18)16-11-6-3-7-12-16/h2-14,19,22H,1H3/t19-,22+/m0/s1. The number of carbonyl (C=O) groups excluding carboxylic acids is 1. The lowest BCUT2D eigenvalue weighted by atomic mass is 9.81. The molecule has 0 unspecified atom stereocenters. The van der Waals surface area contributed by atoms with Gasteiger partial charge in [-0.05, 0) is 23.3 Å². The Hall–Kier alpha value is -3.07. The molecule has 0 fully saturated rings. The number of rotatable bonds is 3. The third-order valence-corrected chi connectivity index (χ3v) is 4.58. The van der Waals surface area contributed by atoms with Crippen molar-refractivity contribution in [3.05, 3.63) is 95.6 Å². The number of methoxy groups -OCH3 is 1. The first-order valence-corrected chi connectivity index (χ1v) is 8.27. The summed E-state index contributed by atoms with van der Waals surface area (Å²) in [7, 11) is 1.57. The maximum absolute atomic E-state index is 13.4. The zero-order valence-corrected chi connectivity index (χ0v) is 13.9. The van der Waals surface area contributed by atoms with Crippen LogP contribution in [-0.4, -0.2) is 12.9 Å². The molecule has 0 aromatic heterocycles. The maximum Gasteiger partial charge on any atom is 0.181 e. The molecule has 0 bridgehead atoms. The van der Waals surface area contributed by atoms with Crippen molar-refractivity contribution in [3.63, 3.8) is 0 Å². The number of ketones is 1. The van der Waals surface area contributed by atoms with E-state index >= 15 is 0 Å². The molecule has 0 N–H and O–H groups in total. The van der Waals surface area contributed by atoms with E-state index in [0.29, 0.717) is 17.1 Å². The second-order valence-corrected chi connectivity index (χ2v) is 6.04. The first-order valence-electron chi connectivity index (χ1n) is 8.27. The Morgan fingerprint density at radius 3 is 2.08 bits per heavy atom. The van der Waals surface area contributed by atoms with Gasteiger partial charge in [0.25, 0.3) is 0 Å². The van der Waals surface area contributed by atoms with Crippen molar-refractivity contribution in [2.45, 2.75) is 12.0 Å². The summed E-state index contributed by atoms with van der Waals surface area (Å²) >= 11 is 0. The van der Waals surface area contributed by atoms with Gasteiger partial charge in [-0.15, -0.1) is 0 Å². The predicted octanol–water partition coefficient (Wildman–Crippen LogP) is 4.80. The number of carbonyl (C=O) groups is 1. The second kappa shape index (κ2) is 6.44. The monoisotopic (exact) mass is 330 g/mol. The Morgan fingerprint density at radius 2 is 1.44 bits per heavy atom. The van der Waals surface area contributed by atoms with Crippen LogP contribution in [0.25, 0.3) is 0 Å². The van der Waals surface area contributed by atoms with E-state index in [-0.39, 0.29) is 11.9 Å². The smallest absolute Gasteiger partial charge is 0.181 e. The molecule has 3 nitrogen and oxygen atoms in total. The summed E-state index contributed by atoms with van der Waals surface area (Å²) in [5.74, 6) is 0.742. The molecule has 3 aromatic rings. The minimum absolute atomic E-state index is 0.0266. The number of hydrogen-bond acceptors (Lipinski definition) is 3. The lowest BCUT2D eigenvalue weighted by Crippen LogP contribution is -2.30. The first kappa shape index (κ1) is 15.5. The molecule has 4 rings (SSSR count). The van der Waals surface area contributed by atoms with Gasteiger partial charge >= 0.3 is 0 Å². The Kier molecular flexibility index (Phi) is 3.98. The van der Waals surface area contributed by atoms with Gasteiger partial charge in [0, 0.05) is 0 Å². The summed E-state index contributed by atoms with van der Waals surface area (Å²) < 4.78 is 11.7. The zero-order chi connectivity index (χ0) is 17.2. The largest absolute Gasteiger partial charge is 0.496 e. The van der Waals surface area contributed by atoms with Crippen LogP contribution >= 0.6 is 0 Å². The maximum atomic E-state index is 13.4. The Labute approximate surface area is 146 Å².